The summed E-state index contributed by atoms with van der Waals surface area (Å²) in [7, 11) is 0. The lowest BCUT2D eigenvalue weighted by molar-refractivity contribution is 0.499. The van der Waals surface area contributed by atoms with Crippen molar-refractivity contribution in [1.82, 2.24) is 5.32 Å². The minimum absolute atomic E-state index is 0.634. The van der Waals surface area contributed by atoms with Gasteiger partial charge in [0.2, 0.25) is 0 Å². The van der Waals surface area contributed by atoms with Gasteiger partial charge in [0.05, 0.1) is 0 Å². The highest BCUT2D eigenvalue weighted by Crippen LogP contribution is 2.20. The Balaban J connectivity index is 2.15. The monoisotopic (exact) mass is 218 g/mol. The van der Waals surface area contributed by atoms with Crippen LogP contribution < -0.4 is 10.2 Å². The second-order valence-electron chi connectivity index (χ2n) is 4.77. The Kier molecular flexibility index (Phi) is 3.83. The maximum absolute atomic E-state index is 3.47. The van der Waals surface area contributed by atoms with Gasteiger partial charge in [-0.25, -0.2) is 0 Å². The number of hydrogen-bond acceptors (Lipinski definition) is 2. The van der Waals surface area contributed by atoms with Crippen LogP contribution in [0.3, 0.4) is 0 Å². The Morgan fingerprint density at radius 2 is 2.19 bits per heavy atom. The molecule has 0 saturated carbocycles. The van der Waals surface area contributed by atoms with Crippen molar-refractivity contribution in [2.24, 2.45) is 0 Å². The van der Waals surface area contributed by atoms with Crippen LogP contribution >= 0.6 is 0 Å². The fraction of sp³-hybridized carbons (Fsp3) is 0.571. The summed E-state index contributed by atoms with van der Waals surface area (Å²) in [6.45, 7) is 7.95. The van der Waals surface area contributed by atoms with E-state index in [1.54, 1.807) is 0 Å². The minimum Gasteiger partial charge on any atom is -0.369 e. The molecule has 0 aliphatic carbocycles. The molecule has 2 heteroatoms. The largest absolute Gasteiger partial charge is 0.369 e. The molecule has 1 aromatic carbocycles. The molecule has 1 atom stereocenters. The van der Waals surface area contributed by atoms with Gasteiger partial charge in [-0.05, 0) is 57.5 Å². The van der Waals surface area contributed by atoms with E-state index >= 15 is 0 Å². The molecule has 1 N–H and O–H groups in total. The molecule has 1 aliphatic rings. The highest BCUT2D eigenvalue weighted by atomic mass is 15.2. The van der Waals surface area contributed by atoms with E-state index < -0.39 is 0 Å². The number of hydrogen-bond donors (Lipinski definition) is 1. The molecular formula is C14H22N2. The van der Waals surface area contributed by atoms with Gasteiger partial charge in [0.25, 0.3) is 0 Å². The number of nitrogens with one attached hydrogen (secondary N) is 1. The summed E-state index contributed by atoms with van der Waals surface area (Å²) in [5.41, 5.74) is 2.74. The number of aryl methyl sites for hydroxylation is 1. The summed E-state index contributed by atoms with van der Waals surface area (Å²) < 4.78 is 0. The van der Waals surface area contributed by atoms with Crippen molar-refractivity contribution in [1.29, 1.82) is 0 Å². The molecule has 0 spiro atoms. The zero-order valence-electron chi connectivity index (χ0n) is 10.4. The predicted octanol–water partition coefficient (Wildman–Crippen LogP) is 2.57. The average molecular weight is 218 g/mol. The smallest absolute Gasteiger partial charge is 0.0371 e. The predicted molar refractivity (Wildman–Crippen MR) is 70.1 cm³/mol. The number of rotatable bonds is 1. The van der Waals surface area contributed by atoms with Gasteiger partial charge in [-0.15, -0.1) is 0 Å². The summed E-state index contributed by atoms with van der Waals surface area (Å²) in [5, 5.41) is 3.47. The topological polar surface area (TPSA) is 15.3 Å². The van der Waals surface area contributed by atoms with Crippen molar-refractivity contribution in [3.05, 3.63) is 29.8 Å². The quantitative estimate of drug-likeness (QED) is 0.779. The molecule has 88 valence electrons. The van der Waals surface area contributed by atoms with Crippen molar-refractivity contribution in [3.8, 4) is 0 Å². The molecule has 0 aromatic heterocycles. The molecule has 2 rings (SSSR count). The fourth-order valence-electron chi connectivity index (χ4n) is 2.38. The van der Waals surface area contributed by atoms with Gasteiger partial charge in [0.1, 0.15) is 0 Å². The summed E-state index contributed by atoms with van der Waals surface area (Å²) in [6.07, 6.45) is 2.46. The van der Waals surface area contributed by atoms with Gasteiger partial charge in [0.15, 0.2) is 0 Å². The van der Waals surface area contributed by atoms with Crippen LogP contribution in [0.5, 0.6) is 0 Å². The van der Waals surface area contributed by atoms with Crippen LogP contribution in [-0.4, -0.2) is 25.7 Å². The SMILES string of the molecule is Cc1cccc(N2CCCNCCC2C)c1. The summed E-state index contributed by atoms with van der Waals surface area (Å²) in [6, 6.07) is 9.49. The van der Waals surface area contributed by atoms with E-state index in [0.29, 0.717) is 6.04 Å². The average Bonchev–Trinajstić information content (AvgIpc) is 2.24. The Hall–Kier alpha value is -1.02. The second kappa shape index (κ2) is 5.35. The van der Waals surface area contributed by atoms with E-state index in [1.165, 1.54) is 24.1 Å². The normalized spacial score (nSPS) is 22.6. The van der Waals surface area contributed by atoms with Crippen molar-refractivity contribution in [3.63, 3.8) is 0 Å². The maximum atomic E-state index is 3.47. The third kappa shape index (κ3) is 2.76. The van der Waals surface area contributed by atoms with Crippen molar-refractivity contribution in [2.45, 2.75) is 32.7 Å². The molecule has 0 radical (unpaired) electrons. The van der Waals surface area contributed by atoms with Gasteiger partial charge in [-0.2, -0.15) is 0 Å². The Labute approximate surface area is 98.7 Å². The molecule has 1 heterocycles. The van der Waals surface area contributed by atoms with Crippen LogP contribution in [0.25, 0.3) is 0 Å². The minimum atomic E-state index is 0.634. The molecule has 0 amide bonds. The summed E-state index contributed by atoms with van der Waals surface area (Å²) in [4.78, 5) is 2.55. The van der Waals surface area contributed by atoms with Crippen molar-refractivity contribution in [2.75, 3.05) is 24.5 Å². The van der Waals surface area contributed by atoms with E-state index in [9.17, 15) is 0 Å². The van der Waals surface area contributed by atoms with Crippen LogP contribution in [-0.2, 0) is 0 Å². The van der Waals surface area contributed by atoms with Crippen molar-refractivity contribution < 1.29 is 0 Å². The molecule has 2 nitrogen and oxygen atoms in total. The van der Waals surface area contributed by atoms with E-state index in [0.717, 1.165) is 19.6 Å². The first-order valence-electron chi connectivity index (χ1n) is 6.31. The van der Waals surface area contributed by atoms with Crippen molar-refractivity contribution >= 4 is 5.69 Å². The Morgan fingerprint density at radius 3 is 3.00 bits per heavy atom. The Morgan fingerprint density at radius 1 is 1.31 bits per heavy atom. The highest BCUT2D eigenvalue weighted by Gasteiger charge is 2.15. The van der Waals surface area contributed by atoms with Gasteiger partial charge < -0.3 is 10.2 Å². The first-order valence-corrected chi connectivity index (χ1v) is 6.31. The van der Waals surface area contributed by atoms with Gasteiger partial charge >= 0.3 is 0 Å². The summed E-state index contributed by atoms with van der Waals surface area (Å²) in [5.74, 6) is 0. The third-order valence-corrected chi connectivity index (χ3v) is 3.36. The van der Waals surface area contributed by atoms with E-state index in [2.05, 4.69) is 48.3 Å². The standard InChI is InChI=1S/C14H22N2/c1-12-5-3-6-14(11-12)16-10-4-8-15-9-7-13(16)2/h3,5-6,11,13,15H,4,7-10H2,1-2H3. The third-order valence-electron chi connectivity index (χ3n) is 3.36. The van der Waals surface area contributed by atoms with Crippen LogP contribution in [0.4, 0.5) is 5.69 Å². The van der Waals surface area contributed by atoms with E-state index in [1.807, 2.05) is 0 Å². The molecule has 1 aliphatic heterocycles. The molecule has 1 saturated heterocycles. The first-order chi connectivity index (χ1) is 7.77. The lowest BCUT2D eigenvalue weighted by Crippen LogP contribution is -2.40. The van der Waals surface area contributed by atoms with Gasteiger partial charge in [0, 0.05) is 18.3 Å². The Bertz CT molecular complexity index is 335. The number of benzene rings is 1. The molecule has 1 unspecified atom stereocenters. The van der Waals surface area contributed by atoms with Crippen LogP contribution in [0.1, 0.15) is 25.3 Å². The lowest BCUT2D eigenvalue weighted by atomic mass is 10.1. The zero-order chi connectivity index (χ0) is 11.4. The van der Waals surface area contributed by atoms with Crippen LogP contribution in [0.2, 0.25) is 0 Å². The van der Waals surface area contributed by atoms with Gasteiger partial charge in [-0.3, -0.25) is 0 Å². The summed E-state index contributed by atoms with van der Waals surface area (Å²) >= 11 is 0. The first kappa shape index (κ1) is 11.5. The maximum Gasteiger partial charge on any atom is 0.0371 e. The number of nitrogens with zero attached hydrogens (tertiary/aromatic N) is 1. The molecule has 0 bridgehead atoms. The molecule has 1 fully saturated rings. The van der Waals surface area contributed by atoms with Crippen LogP contribution in [0, 0.1) is 6.92 Å². The van der Waals surface area contributed by atoms with E-state index in [4.69, 9.17) is 0 Å². The lowest BCUT2D eigenvalue weighted by Gasteiger charge is -2.33. The highest BCUT2D eigenvalue weighted by molar-refractivity contribution is 5.49. The number of anilines is 1. The zero-order valence-corrected chi connectivity index (χ0v) is 10.4. The van der Waals surface area contributed by atoms with Gasteiger partial charge in [-0.1, -0.05) is 12.1 Å². The second-order valence-corrected chi connectivity index (χ2v) is 4.77. The molecular weight excluding hydrogens is 196 g/mol. The van der Waals surface area contributed by atoms with E-state index in [-0.39, 0.29) is 0 Å². The molecule has 16 heavy (non-hydrogen) atoms. The molecule has 1 aromatic rings. The fourth-order valence-corrected chi connectivity index (χ4v) is 2.38. The van der Waals surface area contributed by atoms with Crippen LogP contribution in [0.15, 0.2) is 24.3 Å².